The molecule has 2 atom stereocenters. The van der Waals surface area contributed by atoms with Crippen LogP contribution in [0.2, 0.25) is 0 Å². The number of hydrogen-bond donors (Lipinski definition) is 1. The quantitative estimate of drug-likeness (QED) is 0.614. The van der Waals surface area contributed by atoms with E-state index >= 15 is 0 Å². The first kappa shape index (κ1) is 7.79. The van der Waals surface area contributed by atoms with Crippen LogP contribution in [0.15, 0.2) is 0 Å². The molecule has 58 valence electrons. The van der Waals surface area contributed by atoms with Crippen LogP contribution in [0.5, 0.6) is 0 Å². The van der Waals surface area contributed by atoms with Gasteiger partial charge in [0.1, 0.15) is 6.61 Å². The van der Waals surface area contributed by atoms with Gasteiger partial charge in [0.15, 0.2) is 0 Å². The summed E-state index contributed by atoms with van der Waals surface area (Å²) in [5, 5.41) is 3.67. The third kappa shape index (κ3) is 1.59. The summed E-state index contributed by atoms with van der Waals surface area (Å²) in [5.41, 5.74) is 0. The molecule has 1 unspecified atom stereocenters. The Kier molecular flexibility index (Phi) is 2.49. The van der Waals surface area contributed by atoms with Crippen LogP contribution < -0.4 is 5.32 Å². The fourth-order valence-electron chi connectivity index (χ4n) is 0.991. The molecule has 1 N–H and O–H groups in total. The Balaban J connectivity index is 2.36. The summed E-state index contributed by atoms with van der Waals surface area (Å²) in [6, 6.07) is 0.442. The Morgan fingerprint density at radius 3 is 3.00 bits per heavy atom. The van der Waals surface area contributed by atoms with Crippen molar-refractivity contribution in [3.8, 4) is 0 Å². The van der Waals surface area contributed by atoms with Gasteiger partial charge in [0.2, 0.25) is 0 Å². The summed E-state index contributed by atoms with van der Waals surface area (Å²) in [6.45, 7) is 5.12. The molecular formula is C7H13NOS. The van der Waals surface area contributed by atoms with E-state index in [1.165, 1.54) is 6.42 Å². The molecule has 0 saturated carbocycles. The molecule has 3 heteroatoms. The molecule has 0 aromatic carbocycles. The zero-order valence-corrected chi connectivity index (χ0v) is 7.20. The van der Waals surface area contributed by atoms with Crippen LogP contribution in [0.25, 0.3) is 0 Å². The van der Waals surface area contributed by atoms with E-state index < -0.39 is 0 Å². The molecule has 1 aliphatic rings. The van der Waals surface area contributed by atoms with Gasteiger partial charge in [-0.1, -0.05) is 20.3 Å². The molecule has 1 fully saturated rings. The van der Waals surface area contributed by atoms with Crippen LogP contribution in [0.4, 0.5) is 0 Å². The van der Waals surface area contributed by atoms with Crippen molar-refractivity contribution in [1.29, 1.82) is 0 Å². The summed E-state index contributed by atoms with van der Waals surface area (Å²) < 4.78 is 5.11. The van der Waals surface area contributed by atoms with Gasteiger partial charge in [0, 0.05) is 0 Å². The van der Waals surface area contributed by atoms with Crippen LogP contribution in [-0.2, 0) is 4.74 Å². The maximum absolute atomic E-state index is 5.11. The minimum absolute atomic E-state index is 0.442. The minimum Gasteiger partial charge on any atom is -0.469 e. The van der Waals surface area contributed by atoms with Crippen LogP contribution in [-0.4, -0.2) is 17.8 Å². The molecule has 1 aliphatic heterocycles. The van der Waals surface area contributed by atoms with E-state index in [9.17, 15) is 0 Å². The number of hydrogen-bond acceptors (Lipinski definition) is 2. The van der Waals surface area contributed by atoms with Gasteiger partial charge in [-0.05, 0) is 18.1 Å². The smallest absolute Gasteiger partial charge is 0.257 e. The van der Waals surface area contributed by atoms with E-state index in [1.807, 2.05) is 0 Å². The number of thiocarbonyl (C=S) groups is 1. The molecule has 0 aliphatic carbocycles. The van der Waals surface area contributed by atoms with Gasteiger partial charge in [0.25, 0.3) is 5.17 Å². The number of nitrogens with one attached hydrogen (secondary N) is 1. The summed E-state index contributed by atoms with van der Waals surface area (Å²) in [5.74, 6) is 0.653. The highest BCUT2D eigenvalue weighted by atomic mass is 32.1. The molecule has 0 amide bonds. The Morgan fingerprint density at radius 1 is 1.90 bits per heavy atom. The van der Waals surface area contributed by atoms with E-state index in [1.54, 1.807) is 0 Å². The normalized spacial score (nSPS) is 27.4. The predicted molar refractivity (Wildman–Crippen MR) is 44.9 cm³/mol. The molecule has 0 aromatic heterocycles. The lowest BCUT2D eigenvalue weighted by molar-refractivity contribution is 0.293. The lowest BCUT2D eigenvalue weighted by Gasteiger charge is -2.13. The van der Waals surface area contributed by atoms with E-state index in [0.717, 1.165) is 6.61 Å². The Labute approximate surface area is 66.9 Å². The van der Waals surface area contributed by atoms with Crippen molar-refractivity contribution < 1.29 is 4.74 Å². The predicted octanol–water partition coefficient (Wildman–Crippen LogP) is 1.31. The van der Waals surface area contributed by atoms with Crippen LogP contribution in [0.3, 0.4) is 0 Å². The molecule has 0 bridgehead atoms. The highest BCUT2D eigenvalue weighted by Gasteiger charge is 2.23. The Hall–Kier alpha value is -0.310. The van der Waals surface area contributed by atoms with Crippen molar-refractivity contribution in [1.82, 2.24) is 5.32 Å². The fourth-order valence-corrected chi connectivity index (χ4v) is 1.21. The molecule has 10 heavy (non-hydrogen) atoms. The largest absolute Gasteiger partial charge is 0.469 e. The number of rotatable bonds is 2. The summed E-state index contributed by atoms with van der Waals surface area (Å²) >= 11 is 4.83. The molecule has 0 spiro atoms. The van der Waals surface area contributed by atoms with Crippen LogP contribution in [0.1, 0.15) is 20.3 Å². The lowest BCUT2D eigenvalue weighted by atomic mass is 10.0. The van der Waals surface area contributed by atoms with E-state index in [-0.39, 0.29) is 0 Å². The molecule has 0 aromatic rings. The molecular weight excluding hydrogens is 146 g/mol. The molecule has 1 rings (SSSR count). The average Bonchev–Trinajstić information content (AvgIpc) is 2.34. The van der Waals surface area contributed by atoms with Crippen molar-refractivity contribution in [2.75, 3.05) is 6.61 Å². The van der Waals surface area contributed by atoms with Crippen LogP contribution in [0, 0.1) is 5.92 Å². The third-order valence-corrected chi connectivity index (χ3v) is 2.26. The van der Waals surface area contributed by atoms with Gasteiger partial charge in [0.05, 0.1) is 6.04 Å². The van der Waals surface area contributed by atoms with E-state index in [0.29, 0.717) is 17.1 Å². The maximum Gasteiger partial charge on any atom is 0.257 e. The van der Waals surface area contributed by atoms with Crippen molar-refractivity contribution in [3.05, 3.63) is 0 Å². The van der Waals surface area contributed by atoms with Crippen LogP contribution >= 0.6 is 12.2 Å². The molecule has 1 saturated heterocycles. The zero-order chi connectivity index (χ0) is 7.56. The van der Waals surface area contributed by atoms with Crippen molar-refractivity contribution >= 4 is 17.4 Å². The summed E-state index contributed by atoms with van der Waals surface area (Å²) in [7, 11) is 0. The molecule has 1 heterocycles. The van der Waals surface area contributed by atoms with Crippen molar-refractivity contribution in [3.63, 3.8) is 0 Å². The second-order valence-electron chi connectivity index (χ2n) is 2.73. The van der Waals surface area contributed by atoms with E-state index in [2.05, 4.69) is 19.2 Å². The highest BCUT2D eigenvalue weighted by Crippen LogP contribution is 2.11. The highest BCUT2D eigenvalue weighted by molar-refractivity contribution is 7.80. The van der Waals surface area contributed by atoms with E-state index in [4.69, 9.17) is 17.0 Å². The van der Waals surface area contributed by atoms with Gasteiger partial charge < -0.3 is 10.1 Å². The lowest BCUT2D eigenvalue weighted by Crippen LogP contribution is -2.31. The van der Waals surface area contributed by atoms with Gasteiger partial charge in [-0.3, -0.25) is 0 Å². The second-order valence-corrected chi connectivity index (χ2v) is 3.11. The average molecular weight is 159 g/mol. The first-order chi connectivity index (χ1) is 4.74. The SMILES string of the molecule is CCC(C)[C@H]1COC(=S)N1. The van der Waals surface area contributed by atoms with Gasteiger partial charge in [-0.25, -0.2) is 0 Å². The second kappa shape index (κ2) is 3.19. The first-order valence-corrected chi connectivity index (χ1v) is 4.08. The summed E-state index contributed by atoms with van der Waals surface area (Å²) in [4.78, 5) is 0. The van der Waals surface area contributed by atoms with Gasteiger partial charge in [-0.15, -0.1) is 0 Å². The van der Waals surface area contributed by atoms with Gasteiger partial charge in [-0.2, -0.15) is 0 Å². The molecule has 0 radical (unpaired) electrons. The zero-order valence-electron chi connectivity index (χ0n) is 6.39. The minimum atomic E-state index is 0.442. The van der Waals surface area contributed by atoms with Crippen molar-refractivity contribution in [2.45, 2.75) is 26.3 Å². The Morgan fingerprint density at radius 2 is 2.60 bits per heavy atom. The maximum atomic E-state index is 5.11. The third-order valence-electron chi connectivity index (χ3n) is 2.03. The van der Waals surface area contributed by atoms with Crippen molar-refractivity contribution in [2.24, 2.45) is 5.92 Å². The number of ether oxygens (including phenoxy) is 1. The Bertz CT molecular complexity index is 138. The fraction of sp³-hybridized carbons (Fsp3) is 0.857. The van der Waals surface area contributed by atoms with Gasteiger partial charge >= 0.3 is 0 Å². The standard InChI is InChI=1S/C7H13NOS/c1-3-5(2)6-4-9-7(10)8-6/h5-6H,3-4H2,1-2H3,(H,8,10)/t5?,6-/m1/s1. The summed E-state index contributed by atoms with van der Waals surface area (Å²) in [6.07, 6.45) is 1.17. The first-order valence-electron chi connectivity index (χ1n) is 3.67. The topological polar surface area (TPSA) is 21.3 Å². The monoisotopic (exact) mass is 159 g/mol. The molecule has 2 nitrogen and oxygen atoms in total.